The number of rotatable bonds is 6. The zero-order chi connectivity index (χ0) is 13.5. The first-order valence-electron chi connectivity index (χ1n) is 8.29. The average molecular weight is 266 g/mol. The fourth-order valence-electron chi connectivity index (χ4n) is 3.81. The van der Waals surface area contributed by atoms with E-state index in [-0.39, 0.29) is 5.91 Å². The topological polar surface area (TPSA) is 55.1 Å². The van der Waals surface area contributed by atoms with E-state index in [4.69, 9.17) is 5.73 Å². The molecule has 0 aromatic carbocycles. The zero-order valence-electron chi connectivity index (χ0n) is 12.2. The Morgan fingerprint density at radius 2 is 1.74 bits per heavy atom. The highest BCUT2D eigenvalue weighted by atomic mass is 16.1. The van der Waals surface area contributed by atoms with E-state index in [1.54, 1.807) is 0 Å². The monoisotopic (exact) mass is 266 g/mol. The van der Waals surface area contributed by atoms with Gasteiger partial charge in [0.15, 0.2) is 0 Å². The Morgan fingerprint density at radius 3 is 2.47 bits per heavy atom. The van der Waals surface area contributed by atoms with Crippen molar-refractivity contribution in [3.05, 3.63) is 0 Å². The molecule has 2 aliphatic carbocycles. The summed E-state index contributed by atoms with van der Waals surface area (Å²) in [6.45, 7) is 0.715. The molecular formula is C16H30N2O. The molecule has 0 aromatic heterocycles. The molecule has 3 heteroatoms. The molecule has 2 saturated carbocycles. The highest BCUT2D eigenvalue weighted by Crippen LogP contribution is 2.29. The van der Waals surface area contributed by atoms with E-state index in [0.29, 0.717) is 24.9 Å². The molecule has 0 saturated heterocycles. The average Bonchev–Trinajstić information content (AvgIpc) is 2.92. The van der Waals surface area contributed by atoms with Crippen molar-refractivity contribution in [3.63, 3.8) is 0 Å². The number of carbonyl (C=O) groups excluding carboxylic acids is 1. The molecule has 2 fully saturated rings. The maximum Gasteiger partial charge on any atom is 0.220 e. The Labute approximate surface area is 117 Å². The standard InChI is InChI=1S/C16H30N2O/c17-12-14-9-3-4-10-15(14)18-16(19)11-5-8-13-6-1-2-7-13/h13-15H,1-12,17H2,(H,18,19). The van der Waals surface area contributed by atoms with Crippen LogP contribution >= 0.6 is 0 Å². The molecule has 3 nitrogen and oxygen atoms in total. The van der Waals surface area contributed by atoms with E-state index >= 15 is 0 Å². The van der Waals surface area contributed by atoms with Crippen molar-refractivity contribution in [1.29, 1.82) is 0 Å². The van der Waals surface area contributed by atoms with Gasteiger partial charge in [0, 0.05) is 12.5 Å². The van der Waals surface area contributed by atoms with Gasteiger partial charge in [-0.1, -0.05) is 38.5 Å². The predicted molar refractivity (Wildman–Crippen MR) is 78.8 cm³/mol. The molecule has 2 aliphatic rings. The molecule has 2 unspecified atom stereocenters. The summed E-state index contributed by atoms with van der Waals surface area (Å²) in [4.78, 5) is 12.0. The van der Waals surface area contributed by atoms with Crippen molar-refractivity contribution >= 4 is 5.91 Å². The number of nitrogens with two attached hydrogens (primary N) is 1. The summed E-state index contributed by atoms with van der Waals surface area (Å²) in [6.07, 6.45) is 13.4. The van der Waals surface area contributed by atoms with Crippen LogP contribution in [0.25, 0.3) is 0 Å². The van der Waals surface area contributed by atoms with Gasteiger partial charge in [0.05, 0.1) is 0 Å². The molecule has 3 N–H and O–H groups in total. The molecule has 0 aromatic rings. The molecule has 2 rings (SSSR count). The van der Waals surface area contributed by atoms with Gasteiger partial charge in [-0.25, -0.2) is 0 Å². The van der Waals surface area contributed by atoms with E-state index in [1.165, 1.54) is 51.4 Å². The first-order valence-corrected chi connectivity index (χ1v) is 8.29. The number of nitrogens with one attached hydrogen (secondary N) is 1. The van der Waals surface area contributed by atoms with E-state index in [9.17, 15) is 4.79 Å². The fourth-order valence-corrected chi connectivity index (χ4v) is 3.81. The second-order valence-electron chi connectivity index (χ2n) is 6.50. The Morgan fingerprint density at radius 1 is 1.05 bits per heavy atom. The molecule has 1 amide bonds. The lowest BCUT2D eigenvalue weighted by Crippen LogP contribution is -2.44. The normalized spacial score (nSPS) is 28.5. The van der Waals surface area contributed by atoms with E-state index in [2.05, 4.69) is 5.32 Å². The summed E-state index contributed by atoms with van der Waals surface area (Å²) < 4.78 is 0. The minimum Gasteiger partial charge on any atom is -0.353 e. The molecular weight excluding hydrogens is 236 g/mol. The third-order valence-electron chi connectivity index (χ3n) is 5.05. The van der Waals surface area contributed by atoms with Gasteiger partial charge in [-0.2, -0.15) is 0 Å². The molecule has 110 valence electrons. The highest BCUT2D eigenvalue weighted by Gasteiger charge is 2.25. The van der Waals surface area contributed by atoms with E-state index in [0.717, 1.165) is 18.8 Å². The maximum absolute atomic E-state index is 12.0. The van der Waals surface area contributed by atoms with E-state index < -0.39 is 0 Å². The van der Waals surface area contributed by atoms with Gasteiger partial charge < -0.3 is 11.1 Å². The Bertz CT molecular complexity index is 274. The van der Waals surface area contributed by atoms with Gasteiger partial charge in [0.1, 0.15) is 0 Å². The fraction of sp³-hybridized carbons (Fsp3) is 0.938. The maximum atomic E-state index is 12.0. The van der Waals surface area contributed by atoms with Gasteiger partial charge in [-0.15, -0.1) is 0 Å². The number of carbonyl (C=O) groups is 1. The van der Waals surface area contributed by atoms with Gasteiger partial charge in [-0.3, -0.25) is 4.79 Å². The minimum absolute atomic E-state index is 0.253. The molecule has 0 spiro atoms. The molecule has 2 atom stereocenters. The zero-order valence-corrected chi connectivity index (χ0v) is 12.2. The van der Waals surface area contributed by atoms with Crippen LogP contribution in [0.4, 0.5) is 0 Å². The van der Waals surface area contributed by atoms with Crippen molar-refractivity contribution in [2.75, 3.05) is 6.54 Å². The third kappa shape index (κ3) is 4.79. The van der Waals surface area contributed by atoms with Crippen LogP contribution in [0.1, 0.15) is 70.6 Å². The van der Waals surface area contributed by atoms with Crippen LogP contribution in [0.15, 0.2) is 0 Å². The SMILES string of the molecule is NCC1CCCCC1NC(=O)CCCC1CCCC1. The smallest absolute Gasteiger partial charge is 0.220 e. The van der Waals surface area contributed by atoms with Crippen molar-refractivity contribution in [3.8, 4) is 0 Å². The summed E-state index contributed by atoms with van der Waals surface area (Å²) in [7, 11) is 0. The molecule has 0 bridgehead atoms. The van der Waals surface area contributed by atoms with Gasteiger partial charge in [0.25, 0.3) is 0 Å². The lowest BCUT2D eigenvalue weighted by Gasteiger charge is -2.31. The van der Waals surface area contributed by atoms with Gasteiger partial charge >= 0.3 is 0 Å². The second kappa shape index (κ2) is 7.88. The predicted octanol–water partition coefficient (Wildman–Crippen LogP) is 2.98. The van der Waals surface area contributed by atoms with Crippen LogP contribution in [0, 0.1) is 11.8 Å². The van der Waals surface area contributed by atoms with Gasteiger partial charge in [-0.05, 0) is 44.1 Å². The van der Waals surface area contributed by atoms with Crippen LogP contribution in [0.2, 0.25) is 0 Å². The first kappa shape index (κ1) is 14.8. The molecule has 0 heterocycles. The Balaban J connectivity index is 1.62. The Hall–Kier alpha value is -0.570. The molecule has 19 heavy (non-hydrogen) atoms. The van der Waals surface area contributed by atoms with Crippen LogP contribution in [0.3, 0.4) is 0 Å². The lowest BCUT2D eigenvalue weighted by atomic mass is 9.84. The van der Waals surface area contributed by atoms with Crippen molar-refractivity contribution in [1.82, 2.24) is 5.32 Å². The minimum atomic E-state index is 0.253. The summed E-state index contributed by atoms with van der Waals surface area (Å²) >= 11 is 0. The van der Waals surface area contributed by atoms with Crippen LogP contribution < -0.4 is 11.1 Å². The number of hydrogen-bond donors (Lipinski definition) is 2. The highest BCUT2D eigenvalue weighted by molar-refractivity contribution is 5.76. The molecule has 0 aliphatic heterocycles. The van der Waals surface area contributed by atoms with Crippen molar-refractivity contribution < 1.29 is 4.79 Å². The van der Waals surface area contributed by atoms with Gasteiger partial charge in [0.2, 0.25) is 5.91 Å². The summed E-state index contributed by atoms with van der Waals surface area (Å²) in [6, 6.07) is 0.345. The summed E-state index contributed by atoms with van der Waals surface area (Å²) in [5, 5.41) is 3.23. The summed E-state index contributed by atoms with van der Waals surface area (Å²) in [5.74, 6) is 1.66. The quantitative estimate of drug-likeness (QED) is 0.776. The van der Waals surface area contributed by atoms with Crippen LogP contribution in [0.5, 0.6) is 0 Å². The van der Waals surface area contributed by atoms with E-state index in [1.807, 2.05) is 0 Å². The number of amides is 1. The van der Waals surface area contributed by atoms with Crippen LogP contribution in [-0.4, -0.2) is 18.5 Å². The first-order chi connectivity index (χ1) is 9.29. The molecule has 0 radical (unpaired) electrons. The van der Waals surface area contributed by atoms with Crippen molar-refractivity contribution in [2.24, 2.45) is 17.6 Å². The Kier molecular flexibility index (Phi) is 6.15. The lowest BCUT2D eigenvalue weighted by molar-refractivity contribution is -0.122. The van der Waals surface area contributed by atoms with Crippen LogP contribution in [-0.2, 0) is 4.79 Å². The second-order valence-corrected chi connectivity index (χ2v) is 6.50. The summed E-state index contributed by atoms with van der Waals surface area (Å²) in [5.41, 5.74) is 5.80. The number of hydrogen-bond acceptors (Lipinski definition) is 2. The van der Waals surface area contributed by atoms with Crippen molar-refractivity contribution in [2.45, 2.75) is 76.7 Å². The largest absolute Gasteiger partial charge is 0.353 e. The third-order valence-corrected chi connectivity index (χ3v) is 5.05.